The highest BCUT2D eigenvalue weighted by Gasteiger charge is 2.23. The normalized spacial score (nSPS) is 15.7. The van der Waals surface area contributed by atoms with Gasteiger partial charge in [0.15, 0.2) is 0 Å². The van der Waals surface area contributed by atoms with Gasteiger partial charge in [-0.25, -0.2) is 4.39 Å². The van der Waals surface area contributed by atoms with Crippen molar-refractivity contribution in [2.45, 2.75) is 39.5 Å². The second-order valence-corrected chi connectivity index (χ2v) is 7.03. The predicted molar refractivity (Wildman–Crippen MR) is 75.9 cm³/mol. The van der Waals surface area contributed by atoms with Crippen LogP contribution in [0.4, 0.5) is 4.39 Å². The summed E-state index contributed by atoms with van der Waals surface area (Å²) >= 11 is 9.57. The third-order valence-corrected chi connectivity index (χ3v) is 4.38. The van der Waals surface area contributed by atoms with E-state index in [1.807, 2.05) is 0 Å². The van der Waals surface area contributed by atoms with Gasteiger partial charge in [-0.15, -0.1) is 11.6 Å². The standard InChI is InChI=1S/C14H19BrClF/c1-9(14(2,3)4)7-12(16)10-5-6-13(17)11(15)8-10/h5-6,8-9,12H,7H2,1-4H3. The Labute approximate surface area is 117 Å². The second-order valence-electron chi connectivity index (χ2n) is 5.64. The molecule has 0 N–H and O–H groups in total. The quantitative estimate of drug-likeness (QED) is 0.604. The Bertz CT molecular complexity index is 384. The maximum Gasteiger partial charge on any atom is 0.137 e. The summed E-state index contributed by atoms with van der Waals surface area (Å²) in [6.07, 6.45) is 0.892. The Morgan fingerprint density at radius 3 is 2.41 bits per heavy atom. The summed E-state index contributed by atoms with van der Waals surface area (Å²) in [6.45, 7) is 8.83. The van der Waals surface area contributed by atoms with Gasteiger partial charge in [0.05, 0.1) is 9.85 Å². The molecule has 0 spiro atoms. The molecule has 0 aliphatic rings. The van der Waals surface area contributed by atoms with E-state index in [-0.39, 0.29) is 16.6 Å². The van der Waals surface area contributed by atoms with Crippen LogP contribution in [0.5, 0.6) is 0 Å². The lowest BCUT2D eigenvalue weighted by molar-refractivity contribution is 0.245. The number of halogens is 3. The van der Waals surface area contributed by atoms with E-state index in [2.05, 4.69) is 43.6 Å². The van der Waals surface area contributed by atoms with E-state index in [1.54, 1.807) is 12.1 Å². The molecule has 0 bridgehead atoms. The highest BCUT2D eigenvalue weighted by atomic mass is 79.9. The van der Waals surface area contributed by atoms with E-state index < -0.39 is 0 Å². The Morgan fingerprint density at radius 1 is 1.35 bits per heavy atom. The maximum absolute atomic E-state index is 13.1. The first kappa shape index (κ1) is 15.0. The van der Waals surface area contributed by atoms with Crippen LogP contribution >= 0.6 is 27.5 Å². The molecule has 0 aromatic heterocycles. The number of hydrogen-bond donors (Lipinski definition) is 0. The van der Waals surface area contributed by atoms with Crippen LogP contribution < -0.4 is 0 Å². The summed E-state index contributed by atoms with van der Waals surface area (Å²) in [5, 5.41) is -0.0684. The number of benzene rings is 1. The fourth-order valence-corrected chi connectivity index (χ4v) is 2.31. The molecule has 96 valence electrons. The molecule has 0 heterocycles. The van der Waals surface area contributed by atoms with E-state index >= 15 is 0 Å². The molecule has 0 aliphatic carbocycles. The summed E-state index contributed by atoms with van der Waals surface area (Å²) in [6, 6.07) is 4.98. The summed E-state index contributed by atoms with van der Waals surface area (Å²) in [7, 11) is 0. The molecule has 1 aromatic rings. The fourth-order valence-electron chi connectivity index (χ4n) is 1.51. The SMILES string of the molecule is CC(CC(Cl)c1ccc(F)c(Br)c1)C(C)(C)C. The molecule has 1 rings (SSSR count). The van der Waals surface area contributed by atoms with E-state index in [0.717, 1.165) is 12.0 Å². The van der Waals surface area contributed by atoms with Crippen LogP contribution in [0.15, 0.2) is 22.7 Å². The van der Waals surface area contributed by atoms with Crippen LogP contribution in [-0.2, 0) is 0 Å². The van der Waals surface area contributed by atoms with Gasteiger partial charge in [0.2, 0.25) is 0 Å². The van der Waals surface area contributed by atoms with Crippen LogP contribution in [0.3, 0.4) is 0 Å². The molecule has 0 radical (unpaired) electrons. The Balaban J connectivity index is 2.76. The highest BCUT2D eigenvalue weighted by molar-refractivity contribution is 9.10. The van der Waals surface area contributed by atoms with Gasteiger partial charge in [-0.1, -0.05) is 33.8 Å². The molecule has 0 saturated carbocycles. The largest absolute Gasteiger partial charge is 0.206 e. The van der Waals surface area contributed by atoms with Crippen molar-refractivity contribution < 1.29 is 4.39 Å². The average Bonchev–Trinajstić information content (AvgIpc) is 2.20. The predicted octanol–water partition coefficient (Wildman–Crippen LogP) is 5.94. The summed E-state index contributed by atoms with van der Waals surface area (Å²) < 4.78 is 13.6. The second kappa shape index (κ2) is 5.71. The van der Waals surface area contributed by atoms with Gasteiger partial charge in [-0.3, -0.25) is 0 Å². The lowest BCUT2D eigenvalue weighted by Crippen LogP contribution is -2.18. The van der Waals surface area contributed by atoms with Crippen molar-refractivity contribution in [3.63, 3.8) is 0 Å². The molecule has 0 aliphatic heterocycles. The van der Waals surface area contributed by atoms with E-state index in [0.29, 0.717) is 10.4 Å². The van der Waals surface area contributed by atoms with Crippen molar-refractivity contribution in [3.05, 3.63) is 34.1 Å². The molecule has 0 fully saturated rings. The van der Waals surface area contributed by atoms with Gasteiger partial charge in [0.25, 0.3) is 0 Å². The summed E-state index contributed by atoms with van der Waals surface area (Å²) in [4.78, 5) is 0. The van der Waals surface area contributed by atoms with Gasteiger partial charge in [-0.05, 0) is 51.4 Å². The van der Waals surface area contributed by atoms with Crippen molar-refractivity contribution in [2.75, 3.05) is 0 Å². The Kier molecular flexibility index (Phi) is 5.03. The van der Waals surface area contributed by atoms with Gasteiger partial charge in [0.1, 0.15) is 5.82 Å². The summed E-state index contributed by atoms with van der Waals surface area (Å²) in [5.74, 6) is 0.260. The molecule has 3 heteroatoms. The average molecular weight is 322 g/mol. The van der Waals surface area contributed by atoms with Crippen molar-refractivity contribution in [3.8, 4) is 0 Å². The molecule has 2 unspecified atom stereocenters. The highest BCUT2D eigenvalue weighted by Crippen LogP contribution is 2.37. The molecule has 17 heavy (non-hydrogen) atoms. The van der Waals surface area contributed by atoms with Crippen molar-refractivity contribution in [2.24, 2.45) is 11.3 Å². The van der Waals surface area contributed by atoms with Crippen LogP contribution in [0.2, 0.25) is 0 Å². The smallest absolute Gasteiger partial charge is 0.137 e. The number of alkyl halides is 1. The zero-order chi connectivity index (χ0) is 13.2. The molecule has 2 atom stereocenters. The van der Waals surface area contributed by atoms with Crippen molar-refractivity contribution in [1.29, 1.82) is 0 Å². The van der Waals surface area contributed by atoms with Crippen LogP contribution in [0.1, 0.15) is 45.1 Å². The molecular weight excluding hydrogens is 303 g/mol. The number of hydrogen-bond acceptors (Lipinski definition) is 0. The Morgan fingerprint density at radius 2 is 1.94 bits per heavy atom. The number of rotatable bonds is 3. The topological polar surface area (TPSA) is 0 Å². The first-order valence-corrected chi connectivity index (χ1v) is 7.03. The minimum atomic E-state index is -0.249. The fraction of sp³-hybridized carbons (Fsp3) is 0.571. The minimum absolute atomic E-state index is 0.0684. The van der Waals surface area contributed by atoms with Gasteiger partial charge in [0, 0.05) is 0 Å². The van der Waals surface area contributed by atoms with Gasteiger partial charge >= 0.3 is 0 Å². The van der Waals surface area contributed by atoms with Gasteiger partial charge in [-0.2, -0.15) is 0 Å². The molecule has 0 amide bonds. The third-order valence-electron chi connectivity index (χ3n) is 3.34. The first-order valence-electron chi connectivity index (χ1n) is 5.81. The first-order chi connectivity index (χ1) is 7.71. The zero-order valence-electron chi connectivity index (χ0n) is 10.7. The Hall–Kier alpha value is -0.0800. The van der Waals surface area contributed by atoms with E-state index in [9.17, 15) is 4.39 Å². The zero-order valence-corrected chi connectivity index (χ0v) is 13.1. The molecular formula is C14H19BrClF. The van der Waals surface area contributed by atoms with Crippen LogP contribution in [0, 0.1) is 17.2 Å². The molecule has 0 saturated heterocycles. The third kappa shape index (κ3) is 4.26. The van der Waals surface area contributed by atoms with E-state index in [4.69, 9.17) is 11.6 Å². The van der Waals surface area contributed by atoms with Gasteiger partial charge < -0.3 is 0 Å². The van der Waals surface area contributed by atoms with Crippen LogP contribution in [-0.4, -0.2) is 0 Å². The molecule has 0 nitrogen and oxygen atoms in total. The molecule has 1 aromatic carbocycles. The lowest BCUT2D eigenvalue weighted by Gasteiger charge is -2.29. The van der Waals surface area contributed by atoms with Crippen molar-refractivity contribution >= 4 is 27.5 Å². The van der Waals surface area contributed by atoms with Crippen LogP contribution in [0.25, 0.3) is 0 Å². The maximum atomic E-state index is 13.1. The van der Waals surface area contributed by atoms with Crippen molar-refractivity contribution in [1.82, 2.24) is 0 Å². The monoisotopic (exact) mass is 320 g/mol. The summed E-state index contributed by atoms with van der Waals surface area (Å²) in [5.41, 5.74) is 1.21. The lowest BCUT2D eigenvalue weighted by atomic mass is 9.79. The van der Waals surface area contributed by atoms with E-state index in [1.165, 1.54) is 6.07 Å². The minimum Gasteiger partial charge on any atom is -0.206 e.